The molecule has 0 heterocycles. The van der Waals surface area contributed by atoms with Crippen molar-refractivity contribution in [1.29, 1.82) is 0 Å². The number of aliphatic hydroxyl groups is 1. The maximum Gasteiger partial charge on any atom is 0.249 e. The number of aliphatic hydroxyl groups excluding tert-OH is 1. The van der Waals surface area contributed by atoms with Crippen LogP contribution < -0.4 is 0 Å². The van der Waals surface area contributed by atoms with Gasteiger partial charge in [0.1, 0.15) is 0 Å². The Kier molecular flexibility index (Phi) is 11.4. The van der Waals surface area contributed by atoms with Gasteiger partial charge in [0.15, 0.2) is 0 Å². The lowest BCUT2D eigenvalue weighted by Crippen LogP contribution is -2.31. The molecular weight excluding hydrogens is 238 g/mol. The van der Waals surface area contributed by atoms with Gasteiger partial charge in [-0.1, -0.05) is 52.4 Å². The molecule has 0 bridgehead atoms. The van der Waals surface area contributed by atoms with Crippen LogP contribution in [0.15, 0.2) is 11.8 Å². The van der Waals surface area contributed by atoms with Crippen LogP contribution >= 0.6 is 0 Å². The van der Waals surface area contributed by atoms with Crippen molar-refractivity contribution in [2.75, 3.05) is 13.1 Å². The first-order valence-electron chi connectivity index (χ1n) is 7.78. The summed E-state index contributed by atoms with van der Waals surface area (Å²) in [6.45, 7) is 7.55. The van der Waals surface area contributed by atoms with Crippen molar-refractivity contribution >= 4 is 5.91 Å². The summed E-state index contributed by atoms with van der Waals surface area (Å²) in [5.74, 6) is 0.0464. The summed E-state index contributed by atoms with van der Waals surface area (Å²) < 4.78 is 0. The molecule has 0 aliphatic carbocycles. The van der Waals surface area contributed by atoms with Gasteiger partial charge in [-0.05, 0) is 19.8 Å². The smallest absolute Gasteiger partial charge is 0.249 e. The number of allylic oxidation sites excluding steroid dienone is 1. The molecule has 0 spiro atoms. The molecule has 112 valence electrons. The number of amides is 1. The van der Waals surface area contributed by atoms with Gasteiger partial charge in [0.2, 0.25) is 5.91 Å². The summed E-state index contributed by atoms with van der Waals surface area (Å²) in [6.07, 6.45) is 10.7. The van der Waals surface area contributed by atoms with Gasteiger partial charge in [0.25, 0.3) is 0 Å². The van der Waals surface area contributed by atoms with Gasteiger partial charge in [-0.25, -0.2) is 0 Å². The molecule has 0 aliphatic heterocycles. The number of nitrogens with zero attached hydrogens (tertiary/aromatic N) is 1. The van der Waals surface area contributed by atoms with E-state index in [-0.39, 0.29) is 11.7 Å². The first-order chi connectivity index (χ1) is 9.11. The molecule has 0 aromatic rings. The van der Waals surface area contributed by atoms with Gasteiger partial charge in [-0.15, -0.1) is 0 Å². The molecule has 3 nitrogen and oxygen atoms in total. The van der Waals surface area contributed by atoms with Crippen molar-refractivity contribution in [3.63, 3.8) is 0 Å². The summed E-state index contributed by atoms with van der Waals surface area (Å²) in [4.78, 5) is 13.9. The fraction of sp³-hybridized carbons (Fsp3) is 0.812. The second-order valence-electron chi connectivity index (χ2n) is 5.23. The average molecular weight is 269 g/mol. The maximum absolute atomic E-state index is 12.0. The predicted molar refractivity (Wildman–Crippen MR) is 81.2 cm³/mol. The van der Waals surface area contributed by atoms with E-state index in [0.717, 1.165) is 25.9 Å². The molecule has 19 heavy (non-hydrogen) atoms. The van der Waals surface area contributed by atoms with E-state index in [4.69, 9.17) is 0 Å². The van der Waals surface area contributed by atoms with Crippen LogP contribution in [0, 0.1) is 0 Å². The Morgan fingerprint density at radius 2 is 1.42 bits per heavy atom. The molecule has 0 unspecified atom stereocenters. The van der Waals surface area contributed by atoms with Crippen molar-refractivity contribution in [1.82, 2.24) is 4.90 Å². The highest BCUT2D eigenvalue weighted by molar-refractivity contribution is 5.87. The van der Waals surface area contributed by atoms with Crippen LogP contribution in [-0.2, 0) is 4.79 Å². The van der Waals surface area contributed by atoms with Crippen molar-refractivity contribution in [2.24, 2.45) is 0 Å². The SMILES string of the molecule is CCCCCCN(CCCCCC)C(=O)/C=C(\C)O. The van der Waals surface area contributed by atoms with E-state index in [0.29, 0.717) is 0 Å². The number of rotatable bonds is 11. The van der Waals surface area contributed by atoms with E-state index >= 15 is 0 Å². The first kappa shape index (κ1) is 18.0. The summed E-state index contributed by atoms with van der Waals surface area (Å²) in [6, 6.07) is 0. The Hall–Kier alpha value is -0.990. The molecule has 1 N–H and O–H groups in total. The van der Waals surface area contributed by atoms with Crippen molar-refractivity contribution in [2.45, 2.75) is 72.1 Å². The van der Waals surface area contributed by atoms with Gasteiger partial charge in [-0.2, -0.15) is 0 Å². The van der Waals surface area contributed by atoms with Crippen molar-refractivity contribution in [3.8, 4) is 0 Å². The minimum absolute atomic E-state index is 0.0482. The van der Waals surface area contributed by atoms with Gasteiger partial charge >= 0.3 is 0 Å². The molecule has 0 radical (unpaired) electrons. The second-order valence-corrected chi connectivity index (χ2v) is 5.23. The number of unbranched alkanes of at least 4 members (excludes halogenated alkanes) is 6. The largest absolute Gasteiger partial charge is 0.512 e. The summed E-state index contributed by atoms with van der Waals surface area (Å²) in [5.41, 5.74) is 0. The standard InChI is InChI=1S/C16H31NO2/c1-4-6-8-10-12-17(13-11-9-7-5-2)16(19)14-15(3)18/h14,18H,4-13H2,1-3H3/b15-14+. The van der Waals surface area contributed by atoms with Crippen LogP contribution in [0.3, 0.4) is 0 Å². The molecular formula is C16H31NO2. The normalized spacial score (nSPS) is 11.6. The monoisotopic (exact) mass is 269 g/mol. The zero-order valence-electron chi connectivity index (χ0n) is 13.0. The van der Waals surface area contributed by atoms with Crippen LogP contribution in [0.25, 0.3) is 0 Å². The van der Waals surface area contributed by atoms with Crippen LogP contribution in [0.5, 0.6) is 0 Å². The highest BCUT2D eigenvalue weighted by Gasteiger charge is 2.10. The molecule has 0 saturated heterocycles. The molecule has 0 aromatic heterocycles. The molecule has 0 fully saturated rings. The molecule has 0 aliphatic rings. The Bertz CT molecular complexity index is 245. The Morgan fingerprint density at radius 3 is 1.79 bits per heavy atom. The van der Waals surface area contributed by atoms with Crippen molar-refractivity contribution < 1.29 is 9.90 Å². The van der Waals surface area contributed by atoms with Crippen LogP contribution in [0.1, 0.15) is 72.1 Å². The molecule has 0 saturated carbocycles. The van der Waals surface area contributed by atoms with Crippen LogP contribution in [-0.4, -0.2) is 29.0 Å². The minimum atomic E-state index is -0.0482. The zero-order chi connectivity index (χ0) is 14.5. The number of hydrogen-bond donors (Lipinski definition) is 1. The van der Waals surface area contributed by atoms with E-state index < -0.39 is 0 Å². The molecule has 0 rings (SSSR count). The fourth-order valence-electron chi connectivity index (χ4n) is 2.06. The summed E-state index contributed by atoms with van der Waals surface area (Å²) in [5, 5.41) is 9.20. The average Bonchev–Trinajstić information content (AvgIpc) is 2.36. The minimum Gasteiger partial charge on any atom is -0.512 e. The highest BCUT2D eigenvalue weighted by Crippen LogP contribution is 2.06. The summed E-state index contributed by atoms with van der Waals surface area (Å²) >= 11 is 0. The zero-order valence-corrected chi connectivity index (χ0v) is 13.0. The van der Waals surface area contributed by atoms with Gasteiger partial charge in [0.05, 0.1) is 5.76 Å². The van der Waals surface area contributed by atoms with Gasteiger partial charge < -0.3 is 10.0 Å². The van der Waals surface area contributed by atoms with Crippen LogP contribution in [0.2, 0.25) is 0 Å². The third-order valence-corrected chi connectivity index (χ3v) is 3.21. The number of carbonyl (C=O) groups excluding carboxylic acids is 1. The van der Waals surface area contributed by atoms with E-state index in [1.165, 1.54) is 44.6 Å². The van der Waals surface area contributed by atoms with Gasteiger partial charge in [0, 0.05) is 19.2 Å². The Balaban J connectivity index is 4.13. The fourth-order valence-corrected chi connectivity index (χ4v) is 2.06. The molecule has 1 amide bonds. The predicted octanol–water partition coefficient (Wildman–Crippen LogP) is 4.44. The molecule has 0 aromatic carbocycles. The van der Waals surface area contributed by atoms with Gasteiger partial charge in [-0.3, -0.25) is 4.79 Å². The van der Waals surface area contributed by atoms with E-state index in [1.54, 1.807) is 6.92 Å². The Labute approximate surface area is 118 Å². The Morgan fingerprint density at radius 1 is 0.947 bits per heavy atom. The third-order valence-electron chi connectivity index (χ3n) is 3.21. The highest BCUT2D eigenvalue weighted by atomic mass is 16.3. The third kappa shape index (κ3) is 10.6. The van der Waals surface area contributed by atoms with Crippen molar-refractivity contribution in [3.05, 3.63) is 11.8 Å². The summed E-state index contributed by atoms with van der Waals surface area (Å²) in [7, 11) is 0. The van der Waals surface area contributed by atoms with Crippen LogP contribution in [0.4, 0.5) is 0 Å². The number of carbonyl (C=O) groups is 1. The van der Waals surface area contributed by atoms with E-state index in [9.17, 15) is 9.90 Å². The first-order valence-corrected chi connectivity index (χ1v) is 7.78. The number of hydrogen-bond acceptors (Lipinski definition) is 2. The lowest BCUT2D eigenvalue weighted by atomic mass is 10.1. The topological polar surface area (TPSA) is 40.5 Å². The molecule has 3 heteroatoms. The van der Waals surface area contributed by atoms with E-state index in [2.05, 4.69) is 13.8 Å². The quantitative estimate of drug-likeness (QED) is 0.342. The second kappa shape index (κ2) is 12.1. The maximum atomic E-state index is 12.0. The molecule has 0 atom stereocenters. The lowest BCUT2D eigenvalue weighted by Gasteiger charge is -2.21. The van der Waals surface area contributed by atoms with E-state index in [1.807, 2.05) is 4.90 Å². The lowest BCUT2D eigenvalue weighted by molar-refractivity contribution is -0.126.